The van der Waals surface area contributed by atoms with Gasteiger partial charge < -0.3 is 10.0 Å². The van der Waals surface area contributed by atoms with E-state index in [0.717, 1.165) is 4.88 Å². The zero-order valence-corrected chi connectivity index (χ0v) is 11.2. The largest absolute Gasteiger partial charge is 0.508 e. The van der Waals surface area contributed by atoms with Gasteiger partial charge in [0.05, 0.1) is 6.54 Å². The van der Waals surface area contributed by atoms with Crippen molar-refractivity contribution in [1.82, 2.24) is 4.90 Å². The van der Waals surface area contributed by atoms with Crippen LogP contribution in [-0.2, 0) is 6.54 Å². The van der Waals surface area contributed by atoms with Gasteiger partial charge in [0, 0.05) is 17.5 Å². The van der Waals surface area contributed by atoms with E-state index in [4.69, 9.17) is 0 Å². The standard InChI is InChI=1S/C14H15NO2S/c1-10-8-11(5-6-13(10)16)14(17)15(2)9-12-4-3-7-18-12/h3-8,16H,9H2,1-2H3. The first kappa shape index (κ1) is 12.6. The number of thiophene rings is 1. The lowest BCUT2D eigenvalue weighted by atomic mass is 10.1. The number of hydrogen-bond donors (Lipinski definition) is 1. The van der Waals surface area contributed by atoms with Gasteiger partial charge in [-0.3, -0.25) is 4.79 Å². The van der Waals surface area contributed by atoms with Crippen molar-refractivity contribution < 1.29 is 9.90 Å². The molecule has 94 valence electrons. The van der Waals surface area contributed by atoms with Gasteiger partial charge in [-0.15, -0.1) is 11.3 Å². The fourth-order valence-corrected chi connectivity index (χ4v) is 2.47. The van der Waals surface area contributed by atoms with Gasteiger partial charge in [-0.2, -0.15) is 0 Å². The van der Waals surface area contributed by atoms with Crippen LogP contribution in [0.15, 0.2) is 35.7 Å². The Morgan fingerprint density at radius 3 is 2.78 bits per heavy atom. The molecule has 0 aliphatic heterocycles. The fraction of sp³-hybridized carbons (Fsp3) is 0.214. The molecule has 1 N–H and O–H groups in total. The van der Waals surface area contributed by atoms with Gasteiger partial charge in [0.15, 0.2) is 0 Å². The summed E-state index contributed by atoms with van der Waals surface area (Å²) in [6, 6.07) is 8.90. The molecule has 2 rings (SSSR count). The summed E-state index contributed by atoms with van der Waals surface area (Å²) < 4.78 is 0. The minimum absolute atomic E-state index is 0.0356. The van der Waals surface area contributed by atoms with Crippen molar-refractivity contribution in [3.05, 3.63) is 51.7 Å². The highest BCUT2D eigenvalue weighted by Crippen LogP contribution is 2.19. The Bertz CT molecular complexity index is 549. The summed E-state index contributed by atoms with van der Waals surface area (Å²) in [4.78, 5) is 15.0. The van der Waals surface area contributed by atoms with E-state index in [1.165, 1.54) is 0 Å². The highest BCUT2D eigenvalue weighted by atomic mass is 32.1. The Morgan fingerprint density at radius 2 is 2.17 bits per heavy atom. The zero-order valence-electron chi connectivity index (χ0n) is 10.4. The molecule has 1 amide bonds. The highest BCUT2D eigenvalue weighted by molar-refractivity contribution is 7.09. The number of benzene rings is 1. The molecule has 18 heavy (non-hydrogen) atoms. The van der Waals surface area contributed by atoms with Crippen LogP contribution in [0.25, 0.3) is 0 Å². The van der Waals surface area contributed by atoms with Gasteiger partial charge in [-0.1, -0.05) is 6.07 Å². The van der Waals surface area contributed by atoms with E-state index in [2.05, 4.69) is 0 Å². The summed E-state index contributed by atoms with van der Waals surface area (Å²) in [7, 11) is 1.78. The van der Waals surface area contributed by atoms with Crippen LogP contribution in [-0.4, -0.2) is 23.0 Å². The molecule has 1 aromatic heterocycles. The summed E-state index contributed by atoms with van der Waals surface area (Å²) >= 11 is 1.64. The summed E-state index contributed by atoms with van der Waals surface area (Å²) in [6.45, 7) is 2.39. The van der Waals surface area contributed by atoms with Crippen LogP contribution in [0.3, 0.4) is 0 Å². The Hall–Kier alpha value is -1.81. The monoisotopic (exact) mass is 261 g/mol. The lowest BCUT2D eigenvalue weighted by molar-refractivity contribution is 0.0786. The molecule has 0 aliphatic rings. The molecule has 0 saturated carbocycles. The normalized spacial score (nSPS) is 10.3. The molecule has 3 nitrogen and oxygen atoms in total. The molecular formula is C14H15NO2S. The van der Waals surface area contributed by atoms with E-state index in [-0.39, 0.29) is 11.7 Å². The number of rotatable bonds is 3. The molecule has 0 unspecified atom stereocenters. The van der Waals surface area contributed by atoms with Gasteiger partial charge in [0.25, 0.3) is 5.91 Å². The number of phenolic OH excluding ortho intramolecular Hbond substituents is 1. The molecule has 0 bridgehead atoms. The van der Waals surface area contributed by atoms with E-state index in [0.29, 0.717) is 17.7 Å². The predicted molar refractivity (Wildman–Crippen MR) is 73.0 cm³/mol. The Balaban J connectivity index is 2.12. The molecule has 1 heterocycles. The van der Waals surface area contributed by atoms with Crippen LogP contribution < -0.4 is 0 Å². The third kappa shape index (κ3) is 2.71. The lowest BCUT2D eigenvalue weighted by Gasteiger charge is -2.16. The van der Waals surface area contributed by atoms with E-state index in [1.54, 1.807) is 48.4 Å². The van der Waals surface area contributed by atoms with Gasteiger partial charge in [0.1, 0.15) is 5.75 Å². The van der Waals surface area contributed by atoms with Crippen LogP contribution in [0.1, 0.15) is 20.8 Å². The number of amides is 1. The maximum Gasteiger partial charge on any atom is 0.253 e. The van der Waals surface area contributed by atoms with Crippen molar-refractivity contribution >= 4 is 17.2 Å². The fourth-order valence-electron chi connectivity index (χ4n) is 1.72. The number of aromatic hydroxyl groups is 1. The van der Waals surface area contributed by atoms with E-state index < -0.39 is 0 Å². The number of aryl methyl sites for hydroxylation is 1. The van der Waals surface area contributed by atoms with Gasteiger partial charge in [-0.05, 0) is 42.1 Å². The Kier molecular flexibility index (Phi) is 3.67. The molecule has 0 aliphatic carbocycles. The highest BCUT2D eigenvalue weighted by Gasteiger charge is 2.13. The Labute approximate surface area is 110 Å². The van der Waals surface area contributed by atoms with Crippen molar-refractivity contribution in [2.24, 2.45) is 0 Å². The number of carbonyl (C=O) groups is 1. The van der Waals surface area contributed by atoms with E-state index in [1.807, 2.05) is 17.5 Å². The van der Waals surface area contributed by atoms with Crippen molar-refractivity contribution in [1.29, 1.82) is 0 Å². The summed E-state index contributed by atoms with van der Waals surface area (Å²) in [6.07, 6.45) is 0. The summed E-state index contributed by atoms with van der Waals surface area (Å²) in [5.41, 5.74) is 1.31. The van der Waals surface area contributed by atoms with Crippen LogP contribution in [0.2, 0.25) is 0 Å². The number of nitrogens with zero attached hydrogens (tertiary/aromatic N) is 1. The van der Waals surface area contributed by atoms with Crippen molar-refractivity contribution in [2.45, 2.75) is 13.5 Å². The second kappa shape index (κ2) is 5.23. The molecule has 2 aromatic rings. The summed E-state index contributed by atoms with van der Waals surface area (Å²) in [5.74, 6) is 0.180. The lowest BCUT2D eigenvalue weighted by Crippen LogP contribution is -2.25. The molecule has 0 atom stereocenters. The number of hydrogen-bond acceptors (Lipinski definition) is 3. The SMILES string of the molecule is Cc1cc(C(=O)N(C)Cc2cccs2)ccc1O. The van der Waals surface area contributed by atoms with E-state index >= 15 is 0 Å². The quantitative estimate of drug-likeness (QED) is 0.922. The van der Waals surface area contributed by atoms with Gasteiger partial charge in [-0.25, -0.2) is 0 Å². The minimum Gasteiger partial charge on any atom is -0.508 e. The van der Waals surface area contributed by atoms with Crippen LogP contribution >= 0.6 is 11.3 Å². The van der Waals surface area contributed by atoms with Crippen molar-refractivity contribution in [3.8, 4) is 5.75 Å². The first-order valence-corrected chi connectivity index (χ1v) is 6.53. The second-order valence-corrected chi connectivity index (χ2v) is 5.27. The van der Waals surface area contributed by atoms with Crippen LogP contribution in [0.5, 0.6) is 5.75 Å². The molecule has 0 fully saturated rings. The zero-order chi connectivity index (χ0) is 13.1. The van der Waals surface area contributed by atoms with Crippen LogP contribution in [0.4, 0.5) is 0 Å². The second-order valence-electron chi connectivity index (χ2n) is 4.24. The first-order valence-electron chi connectivity index (χ1n) is 5.65. The molecular weight excluding hydrogens is 246 g/mol. The van der Waals surface area contributed by atoms with Crippen molar-refractivity contribution in [3.63, 3.8) is 0 Å². The maximum absolute atomic E-state index is 12.2. The average molecular weight is 261 g/mol. The number of phenols is 1. The average Bonchev–Trinajstić information content (AvgIpc) is 2.84. The maximum atomic E-state index is 12.2. The first-order chi connectivity index (χ1) is 8.58. The third-order valence-electron chi connectivity index (χ3n) is 2.76. The van der Waals surface area contributed by atoms with E-state index in [9.17, 15) is 9.90 Å². The topological polar surface area (TPSA) is 40.5 Å². The van der Waals surface area contributed by atoms with Crippen LogP contribution in [0, 0.1) is 6.92 Å². The minimum atomic E-state index is -0.0356. The molecule has 0 spiro atoms. The van der Waals surface area contributed by atoms with Gasteiger partial charge in [0.2, 0.25) is 0 Å². The Morgan fingerprint density at radius 1 is 1.39 bits per heavy atom. The summed E-state index contributed by atoms with van der Waals surface area (Å²) in [5, 5.41) is 11.4. The third-order valence-corrected chi connectivity index (χ3v) is 3.62. The molecule has 0 radical (unpaired) electrons. The number of carbonyl (C=O) groups excluding carboxylic acids is 1. The molecule has 0 saturated heterocycles. The predicted octanol–water partition coefficient (Wildman–Crippen LogP) is 3.03. The molecule has 4 heteroatoms. The smallest absolute Gasteiger partial charge is 0.253 e. The molecule has 1 aromatic carbocycles. The van der Waals surface area contributed by atoms with Gasteiger partial charge >= 0.3 is 0 Å². The van der Waals surface area contributed by atoms with Crippen molar-refractivity contribution in [2.75, 3.05) is 7.05 Å².